The van der Waals surface area contributed by atoms with Gasteiger partial charge in [0.2, 0.25) is 0 Å². The SMILES string of the molecule is CCC(C)CN(CC)CC(F)(F)CN. The molecular formula is C10H22F2N2. The van der Waals surface area contributed by atoms with E-state index in [4.69, 9.17) is 5.73 Å². The molecule has 0 fully saturated rings. The van der Waals surface area contributed by atoms with Crippen LogP contribution in [0.2, 0.25) is 0 Å². The zero-order valence-corrected chi connectivity index (χ0v) is 9.39. The molecule has 0 saturated heterocycles. The lowest BCUT2D eigenvalue weighted by atomic mass is 10.1. The summed E-state index contributed by atoms with van der Waals surface area (Å²) in [5.74, 6) is -2.28. The Morgan fingerprint density at radius 1 is 1.36 bits per heavy atom. The Morgan fingerprint density at radius 2 is 1.93 bits per heavy atom. The molecule has 0 bridgehead atoms. The fourth-order valence-electron chi connectivity index (χ4n) is 1.27. The summed E-state index contributed by atoms with van der Waals surface area (Å²) in [5, 5.41) is 0. The van der Waals surface area contributed by atoms with E-state index in [1.807, 2.05) is 6.92 Å². The highest BCUT2D eigenvalue weighted by Crippen LogP contribution is 2.14. The fraction of sp³-hybridized carbons (Fsp3) is 1.00. The van der Waals surface area contributed by atoms with Crippen molar-refractivity contribution in [3.63, 3.8) is 0 Å². The maximum Gasteiger partial charge on any atom is 0.272 e. The normalized spacial score (nSPS) is 14.8. The van der Waals surface area contributed by atoms with E-state index in [1.165, 1.54) is 0 Å². The molecule has 0 aliphatic rings. The van der Waals surface area contributed by atoms with Crippen molar-refractivity contribution in [2.45, 2.75) is 33.1 Å². The van der Waals surface area contributed by atoms with Gasteiger partial charge in [-0.25, -0.2) is 8.78 Å². The first-order valence-corrected chi connectivity index (χ1v) is 5.25. The molecule has 0 saturated carbocycles. The minimum absolute atomic E-state index is 0.218. The first-order valence-electron chi connectivity index (χ1n) is 5.25. The van der Waals surface area contributed by atoms with Crippen molar-refractivity contribution in [1.29, 1.82) is 0 Å². The molecule has 86 valence electrons. The van der Waals surface area contributed by atoms with Crippen LogP contribution in [-0.4, -0.2) is 37.0 Å². The van der Waals surface area contributed by atoms with Gasteiger partial charge in [0.15, 0.2) is 0 Å². The smallest absolute Gasteiger partial charge is 0.272 e. The largest absolute Gasteiger partial charge is 0.325 e. The molecule has 2 nitrogen and oxygen atoms in total. The molecule has 0 radical (unpaired) electrons. The molecule has 1 unspecified atom stereocenters. The van der Waals surface area contributed by atoms with Crippen LogP contribution in [0.25, 0.3) is 0 Å². The van der Waals surface area contributed by atoms with Gasteiger partial charge in [-0.05, 0) is 12.5 Å². The lowest BCUT2D eigenvalue weighted by molar-refractivity contribution is -0.0251. The van der Waals surface area contributed by atoms with Crippen molar-refractivity contribution in [3.8, 4) is 0 Å². The zero-order valence-electron chi connectivity index (χ0n) is 9.39. The van der Waals surface area contributed by atoms with Crippen molar-refractivity contribution in [3.05, 3.63) is 0 Å². The van der Waals surface area contributed by atoms with Gasteiger partial charge in [-0.1, -0.05) is 27.2 Å². The maximum atomic E-state index is 13.0. The molecule has 0 rings (SSSR count). The van der Waals surface area contributed by atoms with Gasteiger partial charge in [0.25, 0.3) is 5.92 Å². The van der Waals surface area contributed by atoms with E-state index in [0.717, 1.165) is 13.0 Å². The first-order chi connectivity index (χ1) is 6.45. The second-order valence-corrected chi connectivity index (χ2v) is 3.90. The summed E-state index contributed by atoms with van der Waals surface area (Å²) in [6.45, 7) is 6.63. The van der Waals surface area contributed by atoms with Crippen molar-refractivity contribution in [1.82, 2.24) is 4.90 Å². The molecule has 1 atom stereocenters. The summed E-state index contributed by atoms with van der Waals surface area (Å²) in [6.07, 6.45) is 1.02. The van der Waals surface area contributed by atoms with Crippen LogP contribution >= 0.6 is 0 Å². The van der Waals surface area contributed by atoms with E-state index in [1.54, 1.807) is 4.90 Å². The van der Waals surface area contributed by atoms with Gasteiger partial charge in [-0.15, -0.1) is 0 Å². The first kappa shape index (κ1) is 13.8. The van der Waals surface area contributed by atoms with Crippen molar-refractivity contribution < 1.29 is 8.78 Å². The van der Waals surface area contributed by atoms with Gasteiger partial charge in [-0.2, -0.15) is 0 Å². The predicted molar refractivity (Wildman–Crippen MR) is 55.6 cm³/mol. The summed E-state index contributed by atoms with van der Waals surface area (Å²) < 4.78 is 26.0. The predicted octanol–water partition coefficient (Wildman–Crippen LogP) is 1.95. The fourth-order valence-corrected chi connectivity index (χ4v) is 1.27. The topological polar surface area (TPSA) is 29.3 Å². The Bertz CT molecular complexity index is 151. The monoisotopic (exact) mass is 208 g/mol. The Balaban J connectivity index is 4.02. The highest BCUT2D eigenvalue weighted by atomic mass is 19.3. The van der Waals surface area contributed by atoms with Crippen LogP contribution in [-0.2, 0) is 0 Å². The van der Waals surface area contributed by atoms with E-state index < -0.39 is 12.5 Å². The van der Waals surface area contributed by atoms with E-state index in [0.29, 0.717) is 12.5 Å². The summed E-state index contributed by atoms with van der Waals surface area (Å²) in [5.41, 5.74) is 5.00. The van der Waals surface area contributed by atoms with Crippen LogP contribution in [0.4, 0.5) is 8.78 Å². The molecule has 4 heteroatoms. The number of rotatable bonds is 7. The van der Waals surface area contributed by atoms with Gasteiger partial charge < -0.3 is 5.73 Å². The van der Waals surface area contributed by atoms with Gasteiger partial charge in [0.05, 0.1) is 13.1 Å². The van der Waals surface area contributed by atoms with Crippen LogP contribution in [0.5, 0.6) is 0 Å². The second-order valence-electron chi connectivity index (χ2n) is 3.90. The molecule has 0 aliphatic heterocycles. The molecule has 14 heavy (non-hydrogen) atoms. The molecule has 2 N–H and O–H groups in total. The van der Waals surface area contributed by atoms with Crippen molar-refractivity contribution >= 4 is 0 Å². The Morgan fingerprint density at radius 3 is 2.29 bits per heavy atom. The summed E-state index contributed by atoms with van der Waals surface area (Å²) in [4.78, 5) is 1.76. The van der Waals surface area contributed by atoms with Crippen LogP contribution in [0, 0.1) is 5.92 Å². The molecule has 0 aromatic rings. The quantitative estimate of drug-likeness (QED) is 0.693. The van der Waals surface area contributed by atoms with Crippen LogP contribution in [0.15, 0.2) is 0 Å². The summed E-state index contributed by atoms with van der Waals surface area (Å²) in [7, 11) is 0. The Labute approximate surface area is 85.5 Å². The molecule has 0 aromatic heterocycles. The number of hydrogen-bond acceptors (Lipinski definition) is 2. The Hall–Kier alpha value is -0.220. The lowest BCUT2D eigenvalue weighted by Crippen LogP contribution is -2.43. The van der Waals surface area contributed by atoms with Gasteiger partial charge in [0.1, 0.15) is 0 Å². The lowest BCUT2D eigenvalue weighted by Gasteiger charge is -2.27. The van der Waals surface area contributed by atoms with Gasteiger partial charge in [-0.3, -0.25) is 4.90 Å². The second kappa shape index (κ2) is 6.30. The number of nitrogens with two attached hydrogens (primary N) is 1. The number of alkyl halides is 2. The molecule has 0 aliphatic carbocycles. The highest BCUT2D eigenvalue weighted by Gasteiger charge is 2.29. The van der Waals surface area contributed by atoms with E-state index in [-0.39, 0.29) is 6.54 Å². The van der Waals surface area contributed by atoms with Crippen molar-refractivity contribution in [2.75, 3.05) is 26.2 Å². The van der Waals surface area contributed by atoms with Gasteiger partial charge in [0, 0.05) is 6.54 Å². The number of hydrogen-bond donors (Lipinski definition) is 1. The molecular weight excluding hydrogens is 186 g/mol. The van der Waals surface area contributed by atoms with E-state index in [9.17, 15) is 8.78 Å². The van der Waals surface area contributed by atoms with E-state index >= 15 is 0 Å². The minimum Gasteiger partial charge on any atom is -0.325 e. The maximum absolute atomic E-state index is 13.0. The molecule has 0 spiro atoms. The van der Waals surface area contributed by atoms with Crippen LogP contribution in [0.3, 0.4) is 0 Å². The third kappa shape index (κ3) is 5.50. The zero-order chi connectivity index (χ0) is 11.2. The van der Waals surface area contributed by atoms with E-state index in [2.05, 4.69) is 13.8 Å². The molecule has 0 amide bonds. The van der Waals surface area contributed by atoms with Gasteiger partial charge >= 0.3 is 0 Å². The average molecular weight is 208 g/mol. The number of nitrogens with zero attached hydrogens (tertiary/aromatic N) is 1. The minimum atomic E-state index is -2.75. The van der Waals surface area contributed by atoms with Crippen LogP contribution in [0.1, 0.15) is 27.2 Å². The molecule has 0 heterocycles. The summed E-state index contributed by atoms with van der Waals surface area (Å²) >= 11 is 0. The molecule has 0 aromatic carbocycles. The average Bonchev–Trinajstić information content (AvgIpc) is 2.16. The third-order valence-corrected chi connectivity index (χ3v) is 2.47. The highest BCUT2D eigenvalue weighted by molar-refractivity contribution is 4.73. The summed E-state index contributed by atoms with van der Waals surface area (Å²) in [6, 6.07) is 0. The third-order valence-electron chi connectivity index (χ3n) is 2.47. The number of halogens is 2. The van der Waals surface area contributed by atoms with Crippen LogP contribution < -0.4 is 5.73 Å². The Kier molecular flexibility index (Phi) is 6.20. The standard InChI is InChI=1S/C10H22F2N2/c1-4-9(3)6-14(5-2)8-10(11,12)7-13/h9H,4-8,13H2,1-3H3. The van der Waals surface area contributed by atoms with Crippen molar-refractivity contribution in [2.24, 2.45) is 11.7 Å².